The topological polar surface area (TPSA) is 77.2 Å². The summed E-state index contributed by atoms with van der Waals surface area (Å²) in [6.07, 6.45) is 5.81. The third-order valence-corrected chi connectivity index (χ3v) is 7.52. The van der Waals surface area contributed by atoms with Gasteiger partial charge in [-0.2, -0.15) is 0 Å². The highest BCUT2D eigenvalue weighted by Gasteiger charge is 2.43. The fourth-order valence-corrected chi connectivity index (χ4v) is 5.34. The summed E-state index contributed by atoms with van der Waals surface area (Å²) < 4.78 is 5.99. The molecule has 6 heteroatoms. The highest BCUT2D eigenvalue weighted by Crippen LogP contribution is 2.42. The standard InChI is InChI=1S/C27H30ClN3O2/c1-17(26(32)30-21-9-12-33-27(16-21)10-4-11-27)13-20-15-19-14-18(7-8-24(19)31-25(20)29)22-5-2-3-6-23(22)28/h2-3,5-8,14-15,17,21H,4,9-13,16H2,1H3,(H2,29,31)(H,30,32). The summed E-state index contributed by atoms with van der Waals surface area (Å²) in [6, 6.07) is 16.1. The van der Waals surface area contributed by atoms with Crippen molar-refractivity contribution in [1.29, 1.82) is 0 Å². The minimum atomic E-state index is -0.196. The van der Waals surface area contributed by atoms with Crippen molar-refractivity contribution in [3.8, 4) is 11.1 Å². The third-order valence-electron chi connectivity index (χ3n) is 7.19. The van der Waals surface area contributed by atoms with Crippen molar-refractivity contribution in [2.45, 2.75) is 57.1 Å². The lowest BCUT2D eigenvalue weighted by Gasteiger charge is -2.47. The van der Waals surface area contributed by atoms with Gasteiger partial charge < -0.3 is 15.8 Å². The van der Waals surface area contributed by atoms with Crippen molar-refractivity contribution < 1.29 is 9.53 Å². The highest BCUT2D eigenvalue weighted by atomic mass is 35.5. The van der Waals surface area contributed by atoms with E-state index < -0.39 is 0 Å². The molecule has 172 valence electrons. The number of halogens is 1. The van der Waals surface area contributed by atoms with Crippen LogP contribution in [0.2, 0.25) is 5.02 Å². The summed E-state index contributed by atoms with van der Waals surface area (Å²) in [6.45, 7) is 2.69. The number of hydrogen-bond donors (Lipinski definition) is 2. The van der Waals surface area contributed by atoms with Gasteiger partial charge in [-0.15, -0.1) is 0 Å². The van der Waals surface area contributed by atoms with E-state index in [-0.39, 0.29) is 23.5 Å². The first-order chi connectivity index (χ1) is 15.9. The molecule has 5 nitrogen and oxygen atoms in total. The maximum absolute atomic E-state index is 13.0. The number of nitrogens with two attached hydrogens (primary N) is 1. The molecular formula is C27H30ClN3O2. The number of aromatic nitrogens is 1. The van der Waals surface area contributed by atoms with Gasteiger partial charge in [0, 0.05) is 34.5 Å². The van der Waals surface area contributed by atoms with E-state index in [0.717, 1.165) is 59.9 Å². The van der Waals surface area contributed by atoms with E-state index >= 15 is 0 Å². The minimum absolute atomic E-state index is 0.0193. The number of amides is 1. The average Bonchev–Trinajstić information content (AvgIpc) is 2.79. The van der Waals surface area contributed by atoms with Crippen LogP contribution in [0.4, 0.5) is 5.82 Å². The van der Waals surface area contributed by atoms with Crippen LogP contribution in [0.25, 0.3) is 22.0 Å². The summed E-state index contributed by atoms with van der Waals surface area (Å²) in [5, 5.41) is 4.96. The number of hydrogen-bond acceptors (Lipinski definition) is 4. The Labute approximate surface area is 199 Å². The molecule has 2 aliphatic rings. The molecule has 1 saturated heterocycles. The number of anilines is 1. The lowest BCUT2D eigenvalue weighted by Crippen LogP contribution is -2.52. The number of nitrogen functional groups attached to an aromatic ring is 1. The molecule has 1 amide bonds. The second-order valence-electron chi connectivity index (χ2n) is 9.61. The second-order valence-corrected chi connectivity index (χ2v) is 10.0. The fourth-order valence-electron chi connectivity index (χ4n) is 5.10. The highest BCUT2D eigenvalue weighted by molar-refractivity contribution is 6.33. The lowest BCUT2D eigenvalue weighted by molar-refractivity contribution is -0.142. The molecule has 1 aromatic heterocycles. The number of carbonyl (C=O) groups excluding carboxylic acids is 1. The zero-order valence-electron chi connectivity index (χ0n) is 18.9. The molecule has 2 atom stereocenters. The van der Waals surface area contributed by atoms with Crippen LogP contribution in [0.3, 0.4) is 0 Å². The average molecular weight is 464 g/mol. The van der Waals surface area contributed by atoms with Crippen molar-refractivity contribution in [3.63, 3.8) is 0 Å². The van der Waals surface area contributed by atoms with Crippen molar-refractivity contribution in [1.82, 2.24) is 10.3 Å². The molecule has 1 spiro atoms. The molecule has 5 rings (SSSR count). The Kier molecular flexibility index (Phi) is 6.02. The molecule has 3 aromatic rings. The molecule has 1 aliphatic heterocycles. The zero-order chi connectivity index (χ0) is 23.0. The SMILES string of the molecule is CC(Cc1cc2cc(-c3ccccc3Cl)ccc2nc1N)C(=O)NC1CCOC2(CCC2)C1. The molecule has 2 fully saturated rings. The maximum Gasteiger partial charge on any atom is 0.223 e. The minimum Gasteiger partial charge on any atom is -0.383 e. The van der Waals surface area contributed by atoms with Crippen LogP contribution in [0.1, 0.15) is 44.6 Å². The van der Waals surface area contributed by atoms with Crippen molar-refractivity contribution >= 4 is 34.2 Å². The number of pyridine rings is 1. The third kappa shape index (κ3) is 4.57. The van der Waals surface area contributed by atoms with Gasteiger partial charge in [0.2, 0.25) is 5.91 Å². The maximum atomic E-state index is 13.0. The van der Waals surface area contributed by atoms with Gasteiger partial charge in [-0.25, -0.2) is 4.98 Å². The number of nitrogens with one attached hydrogen (secondary N) is 1. The Morgan fingerprint density at radius 3 is 2.85 bits per heavy atom. The van der Waals surface area contributed by atoms with E-state index in [1.165, 1.54) is 6.42 Å². The largest absolute Gasteiger partial charge is 0.383 e. The number of benzene rings is 2. The normalized spacial score (nSPS) is 20.4. The Morgan fingerprint density at radius 1 is 1.27 bits per heavy atom. The van der Waals surface area contributed by atoms with Gasteiger partial charge >= 0.3 is 0 Å². The number of carbonyl (C=O) groups is 1. The van der Waals surface area contributed by atoms with Crippen molar-refractivity contribution in [2.24, 2.45) is 5.92 Å². The van der Waals surface area contributed by atoms with E-state index in [0.29, 0.717) is 17.3 Å². The second kappa shape index (κ2) is 8.96. The zero-order valence-corrected chi connectivity index (χ0v) is 19.7. The Morgan fingerprint density at radius 2 is 2.09 bits per heavy atom. The van der Waals surface area contributed by atoms with Gasteiger partial charge in [-0.05, 0) is 73.9 Å². The molecule has 1 aliphatic carbocycles. The molecule has 2 aromatic carbocycles. The van der Waals surface area contributed by atoms with Crippen LogP contribution in [0.15, 0.2) is 48.5 Å². The van der Waals surface area contributed by atoms with Crippen LogP contribution >= 0.6 is 11.6 Å². The number of fused-ring (bicyclic) bond motifs is 1. The van der Waals surface area contributed by atoms with Gasteiger partial charge in [0.25, 0.3) is 0 Å². The molecule has 0 radical (unpaired) electrons. The first-order valence-corrected chi connectivity index (χ1v) is 12.2. The smallest absolute Gasteiger partial charge is 0.223 e. The van der Waals surface area contributed by atoms with Gasteiger partial charge in [0.15, 0.2) is 0 Å². The number of ether oxygens (including phenoxy) is 1. The van der Waals surface area contributed by atoms with E-state index in [1.807, 2.05) is 43.3 Å². The van der Waals surface area contributed by atoms with Crippen LogP contribution in [-0.4, -0.2) is 29.1 Å². The van der Waals surface area contributed by atoms with Crippen LogP contribution in [0.5, 0.6) is 0 Å². The Balaban J connectivity index is 1.31. The molecule has 1 saturated carbocycles. The van der Waals surface area contributed by atoms with E-state index in [1.54, 1.807) is 0 Å². The molecule has 33 heavy (non-hydrogen) atoms. The summed E-state index contributed by atoms with van der Waals surface area (Å²) >= 11 is 6.39. The summed E-state index contributed by atoms with van der Waals surface area (Å²) in [7, 11) is 0. The molecule has 2 heterocycles. The molecule has 0 bridgehead atoms. The quantitative estimate of drug-likeness (QED) is 0.521. The van der Waals surface area contributed by atoms with Crippen molar-refractivity contribution in [3.05, 3.63) is 59.1 Å². The van der Waals surface area contributed by atoms with Gasteiger partial charge in [0.1, 0.15) is 5.82 Å². The number of rotatable bonds is 5. The summed E-state index contributed by atoms with van der Waals surface area (Å²) in [5.74, 6) is 0.353. The Hall–Kier alpha value is -2.63. The summed E-state index contributed by atoms with van der Waals surface area (Å²) in [5.41, 5.74) is 10.0. The monoisotopic (exact) mass is 463 g/mol. The fraction of sp³-hybridized carbons (Fsp3) is 0.407. The van der Waals surface area contributed by atoms with Gasteiger partial charge in [0.05, 0.1) is 11.1 Å². The van der Waals surface area contributed by atoms with Gasteiger partial charge in [-0.3, -0.25) is 4.79 Å². The summed E-state index contributed by atoms with van der Waals surface area (Å²) in [4.78, 5) is 17.6. The predicted molar refractivity (Wildman–Crippen MR) is 133 cm³/mol. The van der Waals surface area contributed by atoms with Crippen LogP contribution in [0, 0.1) is 5.92 Å². The van der Waals surface area contributed by atoms with Crippen molar-refractivity contribution in [2.75, 3.05) is 12.3 Å². The van der Waals surface area contributed by atoms with Crippen LogP contribution < -0.4 is 11.1 Å². The molecule has 3 N–H and O–H groups in total. The predicted octanol–water partition coefficient (Wildman–Crippen LogP) is 5.53. The molecule has 2 unspecified atom stereocenters. The van der Waals surface area contributed by atoms with E-state index in [9.17, 15) is 4.79 Å². The lowest BCUT2D eigenvalue weighted by atomic mass is 9.74. The first kappa shape index (κ1) is 22.2. The first-order valence-electron chi connectivity index (χ1n) is 11.8. The van der Waals surface area contributed by atoms with Crippen LogP contribution in [-0.2, 0) is 16.0 Å². The molecular weight excluding hydrogens is 434 g/mol. The number of nitrogens with zero attached hydrogens (tertiary/aromatic N) is 1. The van der Waals surface area contributed by atoms with E-state index in [4.69, 9.17) is 22.1 Å². The Bertz CT molecular complexity index is 1190. The van der Waals surface area contributed by atoms with E-state index in [2.05, 4.69) is 22.4 Å². The van der Waals surface area contributed by atoms with Gasteiger partial charge in [-0.1, -0.05) is 42.8 Å².